The Kier molecular flexibility index (Phi) is 7.75. The maximum atomic E-state index is 13.4. The molecule has 0 spiro atoms. The van der Waals surface area contributed by atoms with Gasteiger partial charge in [-0.2, -0.15) is 0 Å². The van der Waals surface area contributed by atoms with E-state index in [4.69, 9.17) is 5.41 Å². The van der Waals surface area contributed by atoms with Crippen molar-refractivity contribution in [2.45, 2.75) is 39.0 Å². The first kappa shape index (κ1) is 27.0. The fourth-order valence-corrected chi connectivity index (χ4v) is 4.42. The van der Waals surface area contributed by atoms with E-state index < -0.39 is 34.9 Å². The third-order valence-corrected chi connectivity index (χ3v) is 6.49. The number of hydrogen-bond donors (Lipinski definition) is 4. The number of hydrogen-bond acceptors (Lipinski definition) is 7. The van der Waals surface area contributed by atoms with Gasteiger partial charge in [-0.1, -0.05) is 30.3 Å². The first-order valence-corrected chi connectivity index (χ1v) is 12.2. The number of nitrogens with zero attached hydrogens (tertiary/aromatic N) is 3. The van der Waals surface area contributed by atoms with Crippen molar-refractivity contribution in [2.75, 3.05) is 6.54 Å². The maximum absolute atomic E-state index is 13.4. The topological polar surface area (TPSA) is 167 Å². The van der Waals surface area contributed by atoms with E-state index in [9.17, 15) is 29.1 Å². The monoisotopic (exact) mass is 532 g/mol. The van der Waals surface area contributed by atoms with Crippen LogP contribution in [0.2, 0.25) is 0 Å². The van der Waals surface area contributed by atoms with E-state index in [1.54, 1.807) is 35.2 Å². The number of aromatic nitrogens is 2. The first-order valence-electron chi connectivity index (χ1n) is 12.2. The molecule has 1 aromatic carbocycles. The third kappa shape index (κ3) is 5.49. The minimum absolute atomic E-state index is 0.0687. The molecular weight excluding hydrogens is 504 g/mol. The van der Waals surface area contributed by atoms with E-state index >= 15 is 0 Å². The number of nitrogens with one attached hydrogen (secondary N) is 3. The second kappa shape index (κ2) is 11.2. The summed E-state index contributed by atoms with van der Waals surface area (Å²) in [6.45, 7) is 4.22. The van der Waals surface area contributed by atoms with Crippen molar-refractivity contribution in [1.29, 1.82) is 5.41 Å². The molecule has 1 aliphatic heterocycles. The Morgan fingerprint density at radius 1 is 1.10 bits per heavy atom. The van der Waals surface area contributed by atoms with E-state index in [2.05, 4.69) is 10.6 Å². The van der Waals surface area contributed by atoms with E-state index in [1.807, 2.05) is 13.8 Å². The molecule has 1 aliphatic rings. The Bertz CT molecular complexity index is 1560. The normalized spacial score (nSPS) is 13.5. The number of aromatic hydroxyl groups is 1. The van der Waals surface area contributed by atoms with Crippen LogP contribution >= 0.6 is 0 Å². The van der Waals surface area contributed by atoms with Crippen molar-refractivity contribution in [2.24, 2.45) is 0 Å². The number of rotatable bonds is 8. The average Bonchev–Trinajstić information content (AvgIpc) is 2.93. The standard InChI is InChI=1S/C27H28N6O6/c1-16(2)32-10-11-33-19(12-20(35)24(36)23(33)27(32)39)13-29-26(38)22(17-6-4-3-5-7-17)30-25(37)18-8-9-21(28)31(14-18)15-34/h3-9,12,14-16,22,28,36H,10-11,13H2,1-2H3,(H,29,38)(H,30,37). The Labute approximate surface area is 223 Å². The number of pyridine rings is 2. The van der Waals surface area contributed by atoms with Gasteiger partial charge < -0.3 is 25.2 Å². The van der Waals surface area contributed by atoms with Gasteiger partial charge in [0, 0.05) is 37.1 Å². The summed E-state index contributed by atoms with van der Waals surface area (Å²) in [6, 6.07) is 11.1. The summed E-state index contributed by atoms with van der Waals surface area (Å²) in [4.78, 5) is 64.5. The number of benzene rings is 1. The minimum atomic E-state index is -1.14. The molecule has 12 heteroatoms. The maximum Gasteiger partial charge on any atom is 0.274 e. The van der Waals surface area contributed by atoms with Crippen molar-refractivity contribution in [3.8, 4) is 5.75 Å². The van der Waals surface area contributed by atoms with Gasteiger partial charge in [-0.05, 0) is 31.5 Å². The predicted molar refractivity (Wildman–Crippen MR) is 139 cm³/mol. The lowest BCUT2D eigenvalue weighted by Crippen LogP contribution is -2.46. The third-order valence-electron chi connectivity index (χ3n) is 6.49. The van der Waals surface area contributed by atoms with E-state index in [1.165, 1.54) is 29.0 Å². The minimum Gasteiger partial charge on any atom is -0.503 e. The van der Waals surface area contributed by atoms with Crippen LogP contribution in [0.15, 0.2) is 59.5 Å². The number of amides is 3. The second-order valence-electron chi connectivity index (χ2n) is 9.29. The van der Waals surface area contributed by atoms with Crippen LogP contribution in [0.25, 0.3) is 0 Å². The van der Waals surface area contributed by atoms with Crippen LogP contribution in [0.5, 0.6) is 5.75 Å². The molecule has 0 aliphatic carbocycles. The summed E-state index contributed by atoms with van der Waals surface area (Å²) in [7, 11) is 0. The fourth-order valence-electron chi connectivity index (χ4n) is 4.42. The molecule has 0 saturated heterocycles. The van der Waals surface area contributed by atoms with Crippen LogP contribution in [-0.4, -0.2) is 55.9 Å². The molecular formula is C27H28N6O6. The highest BCUT2D eigenvalue weighted by Gasteiger charge is 2.31. The van der Waals surface area contributed by atoms with Crippen LogP contribution in [0, 0.1) is 5.41 Å². The SMILES string of the molecule is CC(C)N1CCn2c(CNC(=O)C(NC(=O)c3ccc(=N)n(C=O)c3)c3ccccc3)cc(=O)c(O)c2C1=O. The Balaban J connectivity index is 1.60. The summed E-state index contributed by atoms with van der Waals surface area (Å²) >= 11 is 0. The summed E-state index contributed by atoms with van der Waals surface area (Å²) < 4.78 is 2.45. The molecule has 3 aromatic rings. The molecule has 4 rings (SSSR count). The van der Waals surface area contributed by atoms with Crippen LogP contribution in [0.1, 0.15) is 52.0 Å². The average molecular weight is 533 g/mol. The molecule has 39 heavy (non-hydrogen) atoms. The highest BCUT2D eigenvalue weighted by Crippen LogP contribution is 2.23. The molecule has 1 atom stereocenters. The fraction of sp³-hybridized carbons (Fsp3) is 0.259. The van der Waals surface area contributed by atoms with E-state index in [0.717, 1.165) is 4.57 Å². The van der Waals surface area contributed by atoms with Gasteiger partial charge in [-0.15, -0.1) is 0 Å². The Hall–Kier alpha value is -5.00. The quantitative estimate of drug-likeness (QED) is 0.309. The largest absolute Gasteiger partial charge is 0.503 e. The summed E-state index contributed by atoms with van der Waals surface area (Å²) in [5.41, 5.74) is -0.0920. The van der Waals surface area contributed by atoms with Crippen molar-refractivity contribution in [1.82, 2.24) is 24.7 Å². The summed E-state index contributed by atoms with van der Waals surface area (Å²) in [5, 5.41) is 23.4. The van der Waals surface area contributed by atoms with Crippen LogP contribution in [-0.2, 0) is 22.7 Å². The molecule has 1 unspecified atom stereocenters. The molecule has 0 saturated carbocycles. The second-order valence-corrected chi connectivity index (χ2v) is 9.29. The van der Waals surface area contributed by atoms with Crippen molar-refractivity contribution in [3.63, 3.8) is 0 Å². The molecule has 4 N–H and O–H groups in total. The smallest absolute Gasteiger partial charge is 0.274 e. The zero-order valence-corrected chi connectivity index (χ0v) is 21.4. The Morgan fingerprint density at radius 2 is 1.82 bits per heavy atom. The van der Waals surface area contributed by atoms with Crippen LogP contribution in [0.3, 0.4) is 0 Å². The van der Waals surface area contributed by atoms with Crippen LogP contribution in [0.4, 0.5) is 0 Å². The summed E-state index contributed by atoms with van der Waals surface area (Å²) in [6.07, 6.45) is 1.59. The van der Waals surface area contributed by atoms with E-state index in [-0.39, 0.29) is 29.3 Å². The molecule has 0 bridgehead atoms. The van der Waals surface area contributed by atoms with E-state index in [0.29, 0.717) is 30.8 Å². The Morgan fingerprint density at radius 3 is 2.49 bits per heavy atom. The molecule has 2 aromatic heterocycles. The zero-order valence-electron chi connectivity index (χ0n) is 21.4. The van der Waals surface area contributed by atoms with Gasteiger partial charge in [-0.3, -0.25) is 33.9 Å². The lowest BCUT2D eigenvalue weighted by molar-refractivity contribution is -0.123. The zero-order chi connectivity index (χ0) is 28.3. The molecule has 0 radical (unpaired) electrons. The lowest BCUT2D eigenvalue weighted by atomic mass is 10.1. The summed E-state index contributed by atoms with van der Waals surface area (Å²) in [5.74, 6) is -2.34. The number of fused-ring (bicyclic) bond motifs is 1. The van der Waals surface area contributed by atoms with Crippen LogP contribution < -0.4 is 21.6 Å². The number of carbonyl (C=O) groups excluding carboxylic acids is 4. The van der Waals surface area contributed by atoms with Crippen molar-refractivity contribution < 1.29 is 24.3 Å². The van der Waals surface area contributed by atoms with Crippen molar-refractivity contribution >= 4 is 24.1 Å². The molecule has 202 valence electrons. The lowest BCUT2D eigenvalue weighted by Gasteiger charge is -2.34. The van der Waals surface area contributed by atoms with Gasteiger partial charge in [-0.25, -0.2) is 0 Å². The van der Waals surface area contributed by atoms with Crippen molar-refractivity contribution in [3.05, 3.63) is 93.0 Å². The predicted octanol–water partition coefficient (Wildman–Crippen LogP) is 0.525. The van der Waals surface area contributed by atoms with Gasteiger partial charge in [0.1, 0.15) is 11.5 Å². The highest BCUT2D eigenvalue weighted by atomic mass is 16.3. The van der Waals surface area contributed by atoms with Gasteiger partial charge in [0.05, 0.1) is 12.1 Å². The highest BCUT2D eigenvalue weighted by molar-refractivity contribution is 5.98. The molecule has 12 nitrogen and oxygen atoms in total. The molecule has 0 fully saturated rings. The number of carbonyl (C=O) groups is 4. The molecule has 3 amide bonds. The first-order chi connectivity index (χ1) is 18.6. The van der Waals surface area contributed by atoms with Gasteiger partial charge in [0.15, 0.2) is 11.4 Å². The van der Waals surface area contributed by atoms with Gasteiger partial charge in [0.25, 0.3) is 11.8 Å². The molecule has 3 heterocycles. The van der Waals surface area contributed by atoms with Gasteiger partial charge >= 0.3 is 0 Å². The van der Waals surface area contributed by atoms with Gasteiger partial charge in [0.2, 0.25) is 17.7 Å².